The van der Waals surface area contributed by atoms with E-state index in [0.29, 0.717) is 6.54 Å². The topological polar surface area (TPSA) is 81.2 Å². The minimum atomic E-state index is 0.124. The largest absolute Gasteiger partial charge is 0.465 e. The first kappa shape index (κ1) is 16.0. The number of rotatable bonds is 5. The Kier molecular flexibility index (Phi) is 4.37. The summed E-state index contributed by atoms with van der Waals surface area (Å²) in [5.41, 5.74) is 0.814. The molecule has 4 rings (SSSR count). The number of anilines is 1. The zero-order valence-electron chi connectivity index (χ0n) is 14.5. The predicted molar refractivity (Wildman–Crippen MR) is 93.4 cm³/mol. The molecule has 8 heteroatoms. The summed E-state index contributed by atoms with van der Waals surface area (Å²) in [6.07, 6.45) is 3.35. The molecule has 1 aliphatic rings. The SMILES string of the molecule is Cc1ccc([C@@H](CNc2ncnc3c2cnn3C)N2CCOCC2)o1. The Balaban J connectivity index is 1.57. The van der Waals surface area contributed by atoms with Crippen LogP contribution in [0.3, 0.4) is 0 Å². The average molecular weight is 342 g/mol. The van der Waals surface area contributed by atoms with E-state index < -0.39 is 0 Å². The summed E-state index contributed by atoms with van der Waals surface area (Å²) < 4.78 is 13.1. The van der Waals surface area contributed by atoms with Crippen molar-refractivity contribution in [3.8, 4) is 0 Å². The van der Waals surface area contributed by atoms with Gasteiger partial charge in [0.2, 0.25) is 0 Å². The Morgan fingerprint density at radius 2 is 2.08 bits per heavy atom. The molecule has 1 N–H and O–H groups in total. The molecule has 0 spiro atoms. The quantitative estimate of drug-likeness (QED) is 0.756. The van der Waals surface area contributed by atoms with Gasteiger partial charge in [0.25, 0.3) is 0 Å². The lowest BCUT2D eigenvalue weighted by molar-refractivity contribution is 0.0143. The molecule has 8 nitrogen and oxygen atoms in total. The molecule has 1 aliphatic heterocycles. The molecule has 0 bridgehead atoms. The fraction of sp³-hybridized carbons (Fsp3) is 0.471. The van der Waals surface area contributed by atoms with Crippen LogP contribution in [0.4, 0.5) is 5.82 Å². The molecule has 1 atom stereocenters. The normalized spacial score (nSPS) is 17.0. The zero-order valence-corrected chi connectivity index (χ0v) is 14.5. The van der Waals surface area contributed by atoms with Crippen LogP contribution in [0.5, 0.6) is 0 Å². The Hall–Kier alpha value is -2.45. The lowest BCUT2D eigenvalue weighted by Gasteiger charge is -2.33. The van der Waals surface area contributed by atoms with Crippen molar-refractivity contribution in [1.29, 1.82) is 0 Å². The summed E-state index contributed by atoms with van der Waals surface area (Å²) in [4.78, 5) is 11.1. The van der Waals surface area contributed by atoms with Crippen molar-refractivity contribution in [2.24, 2.45) is 7.05 Å². The van der Waals surface area contributed by atoms with Crippen LogP contribution in [0.25, 0.3) is 11.0 Å². The van der Waals surface area contributed by atoms with Gasteiger partial charge in [-0.1, -0.05) is 0 Å². The van der Waals surface area contributed by atoms with E-state index in [9.17, 15) is 0 Å². The van der Waals surface area contributed by atoms with Gasteiger partial charge in [-0.3, -0.25) is 9.58 Å². The van der Waals surface area contributed by atoms with Gasteiger partial charge in [0.1, 0.15) is 23.7 Å². The standard InChI is InChI=1S/C17H22N6O2/c1-12-3-4-15(25-12)14(23-5-7-24-8-6-23)10-18-16-13-9-21-22(2)17(13)20-11-19-16/h3-4,9,11,14H,5-8,10H2,1-2H3,(H,18,19,20)/t14-/m1/s1. The third kappa shape index (κ3) is 3.22. The van der Waals surface area contributed by atoms with Crippen LogP contribution in [0, 0.1) is 6.92 Å². The summed E-state index contributed by atoms with van der Waals surface area (Å²) in [7, 11) is 1.88. The number of hydrogen-bond acceptors (Lipinski definition) is 7. The highest BCUT2D eigenvalue weighted by molar-refractivity contribution is 5.85. The van der Waals surface area contributed by atoms with E-state index in [1.165, 1.54) is 0 Å². The molecule has 4 heterocycles. The molecular formula is C17H22N6O2. The minimum absolute atomic E-state index is 0.124. The van der Waals surface area contributed by atoms with Crippen molar-refractivity contribution in [1.82, 2.24) is 24.6 Å². The van der Waals surface area contributed by atoms with Crippen molar-refractivity contribution in [3.05, 3.63) is 36.2 Å². The molecule has 0 amide bonds. The molecule has 0 aliphatic carbocycles. The summed E-state index contributed by atoms with van der Waals surface area (Å²) in [6.45, 7) is 5.92. The van der Waals surface area contributed by atoms with Crippen LogP contribution in [0.2, 0.25) is 0 Å². The number of fused-ring (bicyclic) bond motifs is 1. The monoisotopic (exact) mass is 342 g/mol. The van der Waals surface area contributed by atoms with Crippen LogP contribution in [-0.4, -0.2) is 57.5 Å². The van der Waals surface area contributed by atoms with E-state index in [1.807, 2.05) is 20.0 Å². The molecule has 3 aromatic rings. The van der Waals surface area contributed by atoms with E-state index in [4.69, 9.17) is 9.15 Å². The molecule has 0 unspecified atom stereocenters. The first-order valence-electron chi connectivity index (χ1n) is 8.47. The van der Waals surface area contributed by atoms with Gasteiger partial charge in [0.15, 0.2) is 5.65 Å². The van der Waals surface area contributed by atoms with E-state index in [-0.39, 0.29) is 6.04 Å². The average Bonchev–Trinajstić information content (AvgIpc) is 3.23. The number of nitrogens with one attached hydrogen (secondary N) is 1. The number of ether oxygens (including phenoxy) is 1. The predicted octanol–water partition coefficient (Wildman–Crippen LogP) is 1.75. The molecule has 0 aromatic carbocycles. The van der Waals surface area contributed by atoms with Crippen LogP contribution < -0.4 is 5.32 Å². The van der Waals surface area contributed by atoms with Gasteiger partial charge in [-0.25, -0.2) is 9.97 Å². The van der Waals surface area contributed by atoms with E-state index in [2.05, 4.69) is 31.3 Å². The van der Waals surface area contributed by atoms with E-state index >= 15 is 0 Å². The Labute approximate surface area is 145 Å². The lowest BCUT2D eigenvalue weighted by atomic mass is 10.1. The van der Waals surface area contributed by atoms with Crippen molar-refractivity contribution >= 4 is 16.9 Å². The third-order valence-electron chi connectivity index (χ3n) is 4.57. The smallest absolute Gasteiger partial charge is 0.163 e. The molecule has 0 saturated carbocycles. The Morgan fingerprint density at radius 3 is 2.84 bits per heavy atom. The number of aromatic nitrogens is 4. The fourth-order valence-corrected chi connectivity index (χ4v) is 3.23. The second-order valence-electron chi connectivity index (χ2n) is 6.22. The van der Waals surface area contributed by atoms with E-state index in [0.717, 1.165) is 54.7 Å². The second-order valence-corrected chi connectivity index (χ2v) is 6.22. The van der Waals surface area contributed by atoms with Crippen molar-refractivity contribution in [3.63, 3.8) is 0 Å². The number of morpholine rings is 1. The maximum absolute atomic E-state index is 5.91. The van der Waals surface area contributed by atoms with Gasteiger partial charge in [0, 0.05) is 26.7 Å². The molecule has 3 aromatic heterocycles. The Bertz CT molecular complexity index is 852. The highest BCUT2D eigenvalue weighted by Crippen LogP contribution is 2.25. The fourth-order valence-electron chi connectivity index (χ4n) is 3.23. The van der Waals surface area contributed by atoms with Crippen LogP contribution in [0.1, 0.15) is 17.6 Å². The summed E-state index contributed by atoms with van der Waals surface area (Å²) in [6, 6.07) is 4.18. The van der Waals surface area contributed by atoms with Gasteiger partial charge in [-0.05, 0) is 19.1 Å². The van der Waals surface area contributed by atoms with Gasteiger partial charge < -0.3 is 14.5 Å². The highest BCUT2D eigenvalue weighted by atomic mass is 16.5. The molecular weight excluding hydrogens is 320 g/mol. The second kappa shape index (κ2) is 6.81. The molecule has 0 radical (unpaired) electrons. The third-order valence-corrected chi connectivity index (χ3v) is 4.57. The van der Waals surface area contributed by atoms with Crippen LogP contribution in [0.15, 0.2) is 29.1 Å². The molecule has 1 fully saturated rings. The van der Waals surface area contributed by atoms with Gasteiger partial charge >= 0.3 is 0 Å². The summed E-state index contributed by atoms with van der Waals surface area (Å²) in [5.74, 6) is 2.67. The number of nitrogens with zero attached hydrogens (tertiary/aromatic N) is 5. The van der Waals surface area contributed by atoms with Crippen LogP contribution >= 0.6 is 0 Å². The summed E-state index contributed by atoms with van der Waals surface area (Å²) in [5, 5.41) is 8.64. The summed E-state index contributed by atoms with van der Waals surface area (Å²) >= 11 is 0. The van der Waals surface area contributed by atoms with Gasteiger partial charge in [-0.2, -0.15) is 5.10 Å². The van der Waals surface area contributed by atoms with Crippen molar-refractivity contribution in [2.45, 2.75) is 13.0 Å². The maximum Gasteiger partial charge on any atom is 0.163 e. The van der Waals surface area contributed by atoms with Gasteiger partial charge in [0.05, 0.1) is 30.8 Å². The number of furan rings is 1. The first-order chi connectivity index (χ1) is 12.2. The van der Waals surface area contributed by atoms with Gasteiger partial charge in [-0.15, -0.1) is 0 Å². The highest BCUT2D eigenvalue weighted by Gasteiger charge is 2.25. The lowest BCUT2D eigenvalue weighted by Crippen LogP contribution is -2.41. The molecule has 1 saturated heterocycles. The number of hydrogen-bond donors (Lipinski definition) is 1. The van der Waals surface area contributed by atoms with Crippen molar-refractivity contribution < 1.29 is 9.15 Å². The zero-order chi connectivity index (χ0) is 17.2. The van der Waals surface area contributed by atoms with E-state index in [1.54, 1.807) is 17.2 Å². The minimum Gasteiger partial charge on any atom is -0.465 e. The first-order valence-corrected chi connectivity index (χ1v) is 8.47. The van der Waals surface area contributed by atoms with Crippen LogP contribution in [-0.2, 0) is 11.8 Å². The maximum atomic E-state index is 5.91. The van der Waals surface area contributed by atoms with Crippen molar-refractivity contribution in [2.75, 3.05) is 38.2 Å². The Morgan fingerprint density at radius 1 is 1.24 bits per heavy atom. The molecule has 25 heavy (non-hydrogen) atoms. The number of aryl methyl sites for hydroxylation is 2. The molecule has 132 valence electrons.